The molecule has 1 aliphatic rings. The zero-order valence-corrected chi connectivity index (χ0v) is 12.4. The summed E-state index contributed by atoms with van der Waals surface area (Å²) in [5, 5.41) is 7.61. The van der Waals surface area contributed by atoms with Crippen LogP contribution in [0.3, 0.4) is 0 Å². The fraction of sp³-hybridized carbons (Fsp3) is 0.857. The van der Waals surface area contributed by atoms with Crippen molar-refractivity contribution in [2.45, 2.75) is 52.0 Å². The molecule has 0 spiro atoms. The predicted molar refractivity (Wildman–Crippen MR) is 75.1 cm³/mol. The molecule has 0 aromatic carbocycles. The Labute approximate surface area is 115 Å². The molecule has 5 heteroatoms. The van der Waals surface area contributed by atoms with Crippen LogP contribution in [0.1, 0.15) is 63.7 Å². The number of rotatable bonds is 6. The van der Waals surface area contributed by atoms with Crippen molar-refractivity contribution < 1.29 is 4.52 Å². The third-order valence-electron chi connectivity index (χ3n) is 4.07. The minimum atomic E-state index is 0.300. The van der Waals surface area contributed by atoms with Crippen LogP contribution in [0.4, 0.5) is 0 Å². The van der Waals surface area contributed by atoms with Gasteiger partial charge in [-0.2, -0.15) is 4.98 Å². The van der Waals surface area contributed by atoms with Gasteiger partial charge in [-0.15, -0.1) is 0 Å². The van der Waals surface area contributed by atoms with Gasteiger partial charge in [0.05, 0.1) is 6.04 Å². The second-order valence-electron chi connectivity index (χ2n) is 5.21. The maximum Gasteiger partial charge on any atom is 0.229 e. The number of nitrogens with zero attached hydrogens (tertiary/aromatic N) is 3. The monoisotopic (exact) mass is 266 g/mol. The van der Waals surface area contributed by atoms with Crippen molar-refractivity contribution in [2.75, 3.05) is 26.2 Å². The molecule has 1 unspecified atom stereocenters. The van der Waals surface area contributed by atoms with E-state index in [2.05, 4.69) is 41.1 Å². The second kappa shape index (κ2) is 7.01. The van der Waals surface area contributed by atoms with Gasteiger partial charge in [0.25, 0.3) is 0 Å². The highest BCUT2D eigenvalue weighted by Crippen LogP contribution is 2.26. The lowest BCUT2D eigenvalue weighted by Gasteiger charge is -2.32. The Bertz CT molecular complexity index is 369. The van der Waals surface area contributed by atoms with E-state index in [9.17, 15) is 0 Å². The predicted octanol–water partition coefficient (Wildman–Crippen LogP) is 2.33. The Morgan fingerprint density at radius 3 is 2.42 bits per heavy atom. The highest BCUT2D eigenvalue weighted by Gasteiger charge is 2.26. The Balaban J connectivity index is 2.10. The molecule has 2 heterocycles. The van der Waals surface area contributed by atoms with Crippen molar-refractivity contribution in [3.05, 3.63) is 11.7 Å². The third-order valence-corrected chi connectivity index (χ3v) is 4.07. The Morgan fingerprint density at radius 1 is 1.16 bits per heavy atom. The molecule has 1 aromatic heterocycles. The van der Waals surface area contributed by atoms with E-state index in [1.165, 1.54) is 0 Å². The molecule has 0 saturated carbocycles. The zero-order chi connectivity index (χ0) is 13.7. The summed E-state index contributed by atoms with van der Waals surface area (Å²) in [6, 6.07) is 0.300. The molecule has 0 bridgehead atoms. The molecule has 1 saturated heterocycles. The highest BCUT2D eigenvalue weighted by molar-refractivity contribution is 4.99. The van der Waals surface area contributed by atoms with E-state index in [0.29, 0.717) is 12.0 Å². The average Bonchev–Trinajstić information content (AvgIpc) is 2.92. The summed E-state index contributed by atoms with van der Waals surface area (Å²) >= 11 is 0. The van der Waals surface area contributed by atoms with Crippen LogP contribution in [0, 0.1) is 0 Å². The van der Waals surface area contributed by atoms with Gasteiger partial charge < -0.3 is 9.84 Å². The van der Waals surface area contributed by atoms with Gasteiger partial charge in [0.1, 0.15) is 0 Å². The Kier molecular flexibility index (Phi) is 5.34. The molecule has 0 amide bonds. The summed E-state index contributed by atoms with van der Waals surface area (Å²) in [7, 11) is 0. The molecular formula is C14H26N4O. The molecule has 108 valence electrons. The molecule has 1 fully saturated rings. The van der Waals surface area contributed by atoms with E-state index in [1.807, 2.05) is 0 Å². The van der Waals surface area contributed by atoms with Crippen LogP contribution in [-0.2, 0) is 0 Å². The first-order chi connectivity index (χ1) is 9.30. The number of piperazine rings is 1. The summed E-state index contributed by atoms with van der Waals surface area (Å²) in [5.74, 6) is 2.08. The molecule has 0 radical (unpaired) electrons. The van der Waals surface area contributed by atoms with E-state index in [-0.39, 0.29) is 0 Å². The Hall–Kier alpha value is -0.940. The maximum absolute atomic E-state index is 5.48. The summed E-state index contributed by atoms with van der Waals surface area (Å²) in [6.07, 6.45) is 3.15. The second-order valence-corrected chi connectivity index (χ2v) is 5.21. The van der Waals surface area contributed by atoms with Gasteiger partial charge in [0.2, 0.25) is 5.89 Å². The van der Waals surface area contributed by atoms with Crippen molar-refractivity contribution in [1.82, 2.24) is 20.4 Å². The molecule has 0 aliphatic carbocycles. The lowest BCUT2D eigenvalue weighted by molar-refractivity contribution is 0.160. The summed E-state index contributed by atoms with van der Waals surface area (Å²) < 4.78 is 5.48. The van der Waals surface area contributed by atoms with Gasteiger partial charge >= 0.3 is 0 Å². The van der Waals surface area contributed by atoms with E-state index in [0.717, 1.165) is 57.2 Å². The average molecular weight is 266 g/mol. The molecule has 1 aliphatic heterocycles. The summed E-state index contributed by atoms with van der Waals surface area (Å²) in [6.45, 7) is 10.8. The molecule has 5 nitrogen and oxygen atoms in total. The van der Waals surface area contributed by atoms with Crippen LogP contribution in [0.15, 0.2) is 4.52 Å². The smallest absolute Gasteiger partial charge is 0.229 e. The van der Waals surface area contributed by atoms with Gasteiger partial charge in [0, 0.05) is 32.1 Å². The molecule has 19 heavy (non-hydrogen) atoms. The van der Waals surface area contributed by atoms with Gasteiger partial charge in [-0.25, -0.2) is 0 Å². The van der Waals surface area contributed by atoms with Crippen molar-refractivity contribution >= 4 is 0 Å². The SMILES string of the molecule is CCC(CC)c1nc(C(CC)N2CCNCC2)no1. The van der Waals surface area contributed by atoms with Crippen LogP contribution in [0.2, 0.25) is 0 Å². The van der Waals surface area contributed by atoms with Gasteiger partial charge in [-0.1, -0.05) is 25.9 Å². The van der Waals surface area contributed by atoms with E-state index in [1.54, 1.807) is 0 Å². The van der Waals surface area contributed by atoms with Crippen LogP contribution in [0.5, 0.6) is 0 Å². The lowest BCUT2D eigenvalue weighted by Crippen LogP contribution is -2.45. The zero-order valence-electron chi connectivity index (χ0n) is 12.4. The minimum absolute atomic E-state index is 0.300. The molecular weight excluding hydrogens is 240 g/mol. The highest BCUT2D eigenvalue weighted by atomic mass is 16.5. The van der Waals surface area contributed by atoms with Crippen molar-refractivity contribution in [3.63, 3.8) is 0 Å². The fourth-order valence-corrected chi connectivity index (χ4v) is 2.78. The topological polar surface area (TPSA) is 54.2 Å². The number of aromatic nitrogens is 2. The quantitative estimate of drug-likeness (QED) is 0.856. The van der Waals surface area contributed by atoms with Crippen LogP contribution in [0.25, 0.3) is 0 Å². The first kappa shape index (κ1) is 14.5. The summed E-state index contributed by atoms with van der Waals surface area (Å²) in [5.41, 5.74) is 0. The van der Waals surface area contributed by atoms with Crippen LogP contribution >= 0.6 is 0 Å². The summed E-state index contributed by atoms with van der Waals surface area (Å²) in [4.78, 5) is 7.12. The third kappa shape index (κ3) is 3.34. The molecule has 1 aromatic rings. The van der Waals surface area contributed by atoms with Gasteiger partial charge in [-0.05, 0) is 19.3 Å². The number of hydrogen-bond acceptors (Lipinski definition) is 5. The van der Waals surface area contributed by atoms with E-state index < -0.39 is 0 Å². The van der Waals surface area contributed by atoms with Gasteiger partial charge in [-0.3, -0.25) is 4.90 Å². The van der Waals surface area contributed by atoms with Crippen molar-refractivity contribution in [3.8, 4) is 0 Å². The maximum atomic E-state index is 5.48. The number of hydrogen-bond donors (Lipinski definition) is 1. The van der Waals surface area contributed by atoms with Crippen molar-refractivity contribution in [2.24, 2.45) is 0 Å². The molecule has 1 N–H and O–H groups in total. The first-order valence-corrected chi connectivity index (χ1v) is 7.58. The van der Waals surface area contributed by atoms with Crippen LogP contribution in [-0.4, -0.2) is 41.2 Å². The lowest BCUT2D eigenvalue weighted by atomic mass is 10.0. The van der Waals surface area contributed by atoms with E-state index >= 15 is 0 Å². The first-order valence-electron chi connectivity index (χ1n) is 7.58. The standard InChI is InChI=1S/C14H26N4O/c1-4-11(5-2)14-16-13(17-19-14)12(6-3)18-9-7-15-8-10-18/h11-12,15H,4-10H2,1-3H3. The van der Waals surface area contributed by atoms with E-state index in [4.69, 9.17) is 4.52 Å². The van der Waals surface area contributed by atoms with Crippen LogP contribution < -0.4 is 5.32 Å². The Morgan fingerprint density at radius 2 is 1.84 bits per heavy atom. The van der Waals surface area contributed by atoms with Gasteiger partial charge in [0.15, 0.2) is 5.82 Å². The van der Waals surface area contributed by atoms with Crippen molar-refractivity contribution in [1.29, 1.82) is 0 Å². The minimum Gasteiger partial charge on any atom is -0.339 e. The fourth-order valence-electron chi connectivity index (χ4n) is 2.78. The largest absolute Gasteiger partial charge is 0.339 e. The number of nitrogens with one attached hydrogen (secondary N) is 1. The molecule has 2 rings (SSSR count). The normalized spacial score (nSPS) is 18.9. The molecule has 1 atom stereocenters.